The minimum Gasteiger partial charge on any atom is -0.497 e. The smallest absolute Gasteiger partial charge is 0.270 e. The Bertz CT molecular complexity index is 1410. The fraction of sp³-hybridized carbons (Fsp3) is 0.280. The van der Waals surface area contributed by atoms with Gasteiger partial charge in [0.2, 0.25) is 11.8 Å². The molecule has 2 aromatic heterocycles. The number of nitriles is 1. The molecule has 3 heterocycles. The van der Waals surface area contributed by atoms with Gasteiger partial charge in [0.05, 0.1) is 18.3 Å². The second kappa shape index (κ2) is 8.43. The first-order valence-electron chi connectivity index (χ1n) is 10.8. The number of aromatic nitrogens is 3. The van der Waals surface area contributed by atoms with Gasteiger partial charge in [-0.1, -0.05) is 18.2 Å². The van der Waals surface area contributed by atoms with Crippen molar-refractivity contribution in [3.05, 3.63) is 70.3 Å². The number of fused-ring (bicyclic) bond motifs is 1. The van der Waals surface area contributed by atoms with E-state index in [0.717, 1.165) is 29.3 Å². The van der Waals surface area contributed by atoms with Crippen LogP contribution in [0.3, 0.4) is 0 Å². The van der Waals surface area contributed by atoms with E-state index < -0.39 is 0 Å². The molecule has 2 aromatic carbocycles. The summed E-state index contributed by atoms with van der Waals surface area (Å²) >= 11 is 0. The minimum absolute atomic E-state index is 0.129. The van der Waals surface area contributed by atoms with Crippen LogP contribution in [-0.2, 0) is 7.05 Å². The topological polar surface area (TPSA) is 97.2 Å². The Balaban J connectivity index is 1.45. The zero-order valence-electron chi connectivity index (χ0n) is 18.5. The minimum atomic E-state index is -0.295. The number of piperidine rings is 1. The lowest BCUT2D eigenvalue weighted by Gasteiger charge is -2.33. The van der Waals surface area contributed by atoms with Gasteiger partial charge in [-0.05, 0) is 43.2 Å². The quantitative estimate of drug-likeness (QED) is 0.474. The van der Waals surface area contributed by atoms with E-state index in [1.807, 2.05) is 48.5 Å². The van der Waals surface area contributed by atoms with Gasteiger partial charge in [0.25, 0.3) is 5.56 Å². The molecule has 0 N–H and O–H groups in total. The SMILES string of the molecule is COc1ccc2c(c1)c(N1CCC(c3nnc(-c4ccccc4)o3)CC1)c(C#N)c(=O)n2C. The van der Waals surface area contributed by atoms with Gasteiger partial charge in [-0.2, -0.15) is 5.26 Å². The van der Waals surface area contributed by atoms with E-state index in [9.17, 15) is 10.1 Å². The molecule has 8 heteroatoms. The third-order valence-corrected chi connectivity index (χ3v) is 6.31. The maximum atomic E-state index is 12.9. The lowest BCUT2D eigenvalue weighted by atomic mass is 9.95. The summed E-state index contributed by atoms with van der Waals surface area (Å²) in [6.07, 6.45) is 1.56. The fourth-order valence-corrected chi connectivity index (χ4v) is 4.51. The first-order valence-corrected chi connectivity index (χ1v) is 10.8. The summed E-state index contributed by atoms with van der Waals surface area (Å²) in [6.45, 7) is 1.34. The predicted molar refractivity (Wildman–Crippen MR) is 124 cm³/mol. The molecule has 0 spiro atoms. The zero-order valence-corrected chi connectivity index (χ0v) is 18.5. The Kier molecular flexibility index (Phi) is 5.31. The van der Waals surface area contributed by atoms with Crippen LogP contribution < -0.4 is 15.2 Å². The molecule has 0 aliphatic carbocycles. The highest BCUT2D eigenvalue weighted by atomic mass is 16.5. The first kappa shape index (κ1) is 20.8. The highest BCUT2D eigenvalue weighted by molar-refractivity contribution is 5.95. The number of aryl methyl sites for hydroxylation is 1. The van der Waals surface area contributed by atoms with Crippen LogP contribution in [0.2, 0.25) is 0 Å². The van der Waals surface area contributed by atoms with E-state index in [1.54, 1.807) is 14.2 Å². The lowest BCUT2D eigenvalue weighted by Crippen LogP contribution is -2.35. The average molecular weight is 441 g/mol. The van der Waals surface area contributed by atoms with Crippen LogP contribution in [-0.4, -0.2) is 35.0 Å². The van der Waals surface area contributed by atoms with E-state index >= 15 is 0 Å². The first-order chi connectivity index (χ1) is 16.1. The molecule has 1 fully saturated rings. The molecule has 0 saturated carbocycles. The summed E-state index contributed by atoms with van der Waals surface area (Å²) in [4.78, 5) is 15.0. The van der Waals surface area contributed by atoms with Crippen LogP contribution in [0.4, 0.5) is 5.69 Å². The summed E-state index contributed by atoms with van der Waals surface area (Å²) in [6, 6.07) is 17.4. The second-order valence-electron chi connectivity index (χ2n) is 8.16. The molecule has 5 rings (SSSR count). The Hall–Kier alpha value is -4.12. The van der Waals surface area contributed by atoms with Gasteiger partial charge in [-0.25, -0.2) is 0 Å². The zero-order chi connectivity index (χ0) is 22.9. The molecule has 0 amide bonds. The summed E-state index contributed by atoms with van der Waals surface area (Å²) in [7, 11) is 3.29. The van der Waals surface area contributed by atoms with Crippen molar-refractivity contribution in [3.63, 3.8) is 0 Å². The molecular formula is C25H23N5O3. The van der Waals surface area contributed by atoms with Crippen molar-refractivity contribution in [1.82, 2.24) is 14.8 Å². The van der Waals surface area contributed by atoms with E-state index in [1.165, 1.54) is 4.57 Å². The molecule has 0 radical (unpaired) electrons. The molecule has 8 nitrogen and oxygen atoms in total. The standard InChI is InChI=1S/C25H23N5O3/c1-29-21-9-8-18(32-2)14-19(21)22(20(15-26)25(29)31)30-12-10-17(11-13-30)24-28-27-23(33-24)16-6-4-3-5-7-16/h3-9,14,17H,10-13H2,1-2H3. The number of ether oxygens (including phenoxy) is 1. The van der Waals surface area contributed by atoms with Crippen LogP contribution in [0.1, 0.15) is 30.2 Å². The lowest BCUT2D eigenvalue weighted by molar-refractivity contribution is 0.398. The Morgan fingerprint density at radius 2 is 1.88 bits per heavy atom. The van der Waals surface area contributed by atoms with Gasteiger partial charge in [0.1, 0.15) is 17.4 Å². The van der Waals surface area contributed by atoms with Gasteiger partial charge in [0, 0.05) is 37.0 Å². The third kappa shape index (κ3) is 3.61. The van der Waals surface area contributed by atoms with Gasteiger partial charge in [-0.3, -0.25) is 4.79 Å². The van der Waals surface area contributed by atoms with Gasteiger partial charge < -0.3 is 18.6 Å². The highest BCUT2D eigenvalue weighted by Crippen LogP contribution is 2.36. The third-order valence-electron chi connectivity index (χ3n) is 6.31. The van der Waals surface area contributed by atoms with Gasteiger partial charge >= 0.3 is 0 Å². The number of benzene rings is 2. The molecule has 0 atom stereocenters. The van der Waals surface area contributed by atoms with E-state index in [4.69, 9.17) is 9.15 Å². The van der Waals surface area contributed by atoms with E-state index in [0.29, 0.717) is 36.3 Å². The molecule has 0 bridgehead atoms. The van der Waals surface area contributed by atoms with Crippen molar-refractivity contribution in [2.45, 2.75) is 18.8 Å². The largest absolute Gasteiger partial charge is 0.497 e. The number of anilines is 1. The maximum Gasteiger partial charge on any atom is 0.270 e. The summed E-state index contributed by atoms with van der Waals surface area (Å²) in [5.41, 5.74) is 2.19. The van der Waals surface area contributed by atoms with Crippen molar-refractivity contribution in [3.8, 4) is 23.3 Å². The van der Waals surface area contributed by atoms with Crippen LogP contribution >= 0.6 is 0 Å². The number of nitrogens with zero attached hydrogens (tertiary/aromatic N) is 5. The number of methoxy groups -OCH3 is 1. The van der Waals surface area contributed by atoms with Crippen molar-refractivity contribution in [2.75, 3.05) is 25.1 Å². The summed E-state index contributed by atoms with van der Waals surface area (Å²) < 4.78 is 12.9. The van der Waals surface area contributed by atoms with E-state index in [2.05, 4.69) is 21.2 Å². The van der Waals surface area contributed by atoms with Crippen LogP contribution in [0.5, 0.6) is 5.75 Å². The summed E-state index contributed by atoms with van der Waals surface area (Å²) in [5, 5.41) is 19.2. The van der Waals surface area contributed by atoms with Gasteiger partial charge in [0.15, 0.2) is 0 Å². The monoisotopic (exact) mass is 441 g/mol. The molecule has 0 unspecified atom stereocenters. The molecule has 1 aliphatic rings. The summed E-state index contributed by atoms with van der Waals surface area (Å²) in [5.74, 6) is 1.96. The molecular weight excluding hydrogens is 418 g/mol. The molecule has 4 aromatic rings. The van der Waals surface area contributed by atoms with E-state index in [-0.39, 0.29) is 17.0 Å². The number of hydrogen-bond donors (Lipinski definition) is 0. The number of pyridine rings is 1. The number of hydrogen-bond acceptors (Lipinski definition) is 7. The molecule has 33 heavy (non-hydrogen) atoms. The molecule has 166 valence electrons. The van der Waals surface area contributed by atoms with Crippen molar-refractivity contribution in [1.29, 1.82) is 5.26 Å². The Morgan fingerprint density at radius 3 is 2.58 bits per heavy atom. The van der Waals surface area contributed by atoms with Crippen molar-refractivity contribution in [2.24, 2.45) is 7.05 Å². The molecule has 1 aliphatic heterocycles. The predicted octanol–water partition coefficient (Wildman–Crippen LogP) is 3.85. The van der Waals surface area contributed by atoms with Crippen molar-refractivity contribution < 1.29 is 9.15 Å². The average Bonchev–Trinajstić information content (AvgIpc) is 3.37. The van der Waals surface area contributed by atoms with Crippen LogP contribution in [0.25, 0.3) is 22.4 Å². The fourth-order valence-electron chi connectivity index (χ4n) is 4.51. The normalized spacial score (nSPS) is 14.4. The highest BCUT2D eigenvalue weighted by Gasteiger charge is 2.29. The maximum absolute atomic E-state index is 12.9. The second-order valence-corrected chi connectivity index (χ2v) is 8.16. The molecule has 1 saturated heterocycles. The Morgan fingerprint density at radius 1 is 1.12 bits per heavy atom. The number of rotatable bonds is 4. The Labute approximate surface area is 190 Å². The van der Waals surface area contributed by atoms with Crippen molar-refractivity contribution >= 4 is 16.6 Å². The van der Waals surface area contributed by atoms with Crippen LogP contribution in [0.15, 0.2) is 57.7 Å². The van der Waals surface area contributed by atoms with Gasteiger partial charge in [-0.15, -0.1) is 10.2 Å². The van der Waals surface area contributed by atoms with Crippen LogP contribution in [0, 0.1) is 11.3 Å².